The van der Waals surface area contributed by atoms with E-state index >= 15 is 0 Å². The van der Waals surface area contributed by atoms with Crippen LogP contribution >= 0.6 is 0 Å². The van der Waals surface area contributed by atoms with Gasteiger partial charge in [0.1, 0.15) is 12.6 Å². The van der Waals surface area contributed by atoms with Gasteiger partial charge in [-0.3, -0.25) is 9.59 Å². The van der Waals surface area contributed by atoms with Crippen molar-refractivity contribution >= 4 is 12.6 Å². The van der Waals surface area contributed by atoms with E-state index in [1.54, 1.807) is 0 Å². The van der Waals surface area contributed by atoms with Crippen LogP contribution in [0, 0.1) is 0 Å². The molecule has 0 radical (unpaired) electrons. The lowest BCUT2D eigenvalue weighted by Gasteiger charge is -1.37. The van der Waals surface area contributed by atoms with Gasteiger partial charge >= 0.3 is 0 Å². The molecular weight excluding hydrogens is 264 g/mol. The number of carbonyl (C=O) groups is 2. The van der Waals surface area contributed by atoms with Crippen LogP contribution in [0.25, 0.3) is 0 Å². The molecule has 0 aromatic rings. The van der Waals surface area contributed by atoms with Gasteiger partial charge in [-0.15, -0.1) is 0 Å². The van der Waals surface area contributed by atoms with E-state index in [4.69, 9.17) is 9.59 Å². The van der Waals surface area contributed by atoms with Gasteiger partial charge in [-0.05, 0) is 12.2 Å². The second-order valence-corrected chi connectivity index (χ2v) is 0.744. The van der Waals surface area contributed by atoms with Gasteiger partial charge in [-0.2, -0.15) is 0 Å². The van der Waals surface area contributed by atoms with Gasteiger partial charge in [-0.1, -0.05) is 13.2 Å². The second-order valence-electron chi connectivity index (χ2n) is 0.744. The summed E-state index contributed by atoms with van der Waals surface area (Å²) in [7, 11) is 0. The molecule has 0 amide bonds. The Morgan fingerprint density at radius 2 is 0.900 bits per heavy atom. The molecular formula is C6H8Br2O2-2. The van der Waals surface area contributed by atoms with E-state index in [-0.39, 0.29) is 34.0 Å². The summed E-state index contributed by atoms with van der Waals surface area (Å²) in [4.78, 5) is 18.1. The Kier molecular flexibility index (Phi) is 83.9. The van der Waals surface area contributed by atoms with E-state index in [2.05, 4.69) is 13.2 Å². The van der Waals surface area contributed by atoms with Crippen molar-refractivity contribution in [3.05, 3.63) is 25.3 Å². The van der Waals surface area contributed by atoms with Gasteiger partial charge in [0.05, 0.1) is 0 Å². The molecule has 0 spiro atoms. The van der Waals surface area contributed by atoms with Gasteiger partial charge in [0, 0.05) is 0 Å². The van der Waals surface area contributed by atoms with Crippen LogP contribution in [0.2, 0.25) is 0 Å². The number of allylic oxidation sites excluding steroid dienone is 2. The maximum Gasteiger partial charge on any atom is 0.142 e. The van der Waals surface area contributed by atoms with E-state index < -0.39 is 0 Å². The average Bonchev–Trinajstić information content (AvgIpc) is 1.88. The van der Waals surface area contributed by atoms with E-state index in [9.17, 15) is 0 Å². The van der Waals surface area contributed by atoms with Crippen molar-refractivity contribution in [2.24, 2.45) is 0 Å². The maximum atomic E-state index is 9.06. The molecule has 4 heteroatoms. The summed E-state index contributed by atoms with van der Waals surface area (Å²) in [6, 6.07) is 0. The number of aldehydes is 2. The maximum absolute atomic E-state index is 9.06. The highest BCUT2D eigenvalue weighted by Gasteiger charge is 1.38. The summed E-state index contributed by atoms with van der Waals surface area (Å²) in [5, 5.41) is 0. The summed E-state index contributed by atoms with van der Waals surface area (Å²) in [6.07, 6.45) is 3.67. The topological polar surface area (TPSA) is 34.1 Å². The Hall–Kier alpha value is -0.220. The molecule has 2 nitrogen and oxygen atoms in total. The monoisotopic (exact) mass is 270 g/mol. The molecule has 0 heterocycles. The van der Waals surface area contributed by atoms with Crippen LogP contribution in [-0.4, -0.2) is 12.6 Å². The summed E-state index contributed by atoms with van der Waals surface area (Å²) >= 11 is 0. The zero-order valence-electron chi connectivity index (χ0n) is 5.30. The number of hydrogen-bond acceptors (Lipinski definition) is 2. The minimum absolute atomic E-state index is 0. The standard InChI is InChI=1S/2C3H4O.2BrH/c2*1-2-3-4;;/h2*2-3H,1H2;2*1H/p-2. The fraction of sp³-hybridized carbons (Fsp3) is 0. The molecule has 0 N–H and O–H groups in total. The number of rotatable bonds is 2. The SMILES string of the molecule is C=CC=O.C=CC=O.[Br-].[Br-]. The van der Waals surface area contributed by atoms with Crippen molar-refractivity contribution in [1.82, 2.24) is 0 Å². The van der Waals surface area contributed by atoms with Gasteiger partial charge in [0.25, 0.3) is 0 Å². The third-order valence-corrected chi connectivity index (χ3v) is 0.192. The molecule has 0 saturated heterocycles. The van der Waals surface area contributed by atoms with Crippen LogP contribution in [-0.2, 0) is 9.59 Å². The summed E-state index contributed by atoms with van der Waals surface area (Å²) < 4.78 is 0. The molecule has 60 valence electrons. The zero-order valence-corrected chi connectivity index (χ0v) is 8.47. The Morgan fingerprint density at radius 3 is 0.900 bits per heavy atom. The highest BCUT2D eigenvalue weighted by atomic mass is 79.9. The minimum Gasteiger partial charge on any atom is -1.00 e. The Morgan fingerprint density at radius 1 is 0.800 bits per heavy atom. The molecule has 0 aliphatic rings. The van der Waals surface area contributed by atoms with Crippen LogP contribution in [0.5, 0.6) is 0 Å². The van der Waals surface area contributed by atoms with E-state index in [0.29, 0.717) is 12.6 Å². The van der Waals surface area contributed by atoms with E-state index in [0.717, 1.165) is 0 Å². The highest BCUT2D eigenvalue weighted by molar-refractivity contribution is 5.63. The minimum atomic E-state index is 0. The summed E-state index contributed by atoms with van der Waals surface area (Å²) in [5.74, 6) is 0. The lowest BCUT2D eigenvalue weighted by molar-refractivity contribution is -0.104. The van der Waals surface area contributed by atoms with Crippen molar-refractivity contribution < 1.29 is 43.6 Å². The van der Waals surface area contributed by atoms with Crippen LogP contribution in [0.4, 0.5) is 0 Å². The van der Waals surface area contributed by atoms with Crippen molar-refractivity contribution in [1.29, 1.82) is 0 Å². The van der Waals surface area contributed by atoms with Crippen molar-refractivity contribution in [2.45, 2.75) is 0 Å². The summed E-state index contributed by atoms with van der Waals surface area (Å²) in [6.45, 7) is 6.22. The van der Waals surface area contributed by atoms with Gasteiger partial charge < -0.3 is 34.0 Å². The molecule has 0 aromatic carbocycles. The van der Waals surface area contributed by atoms with Crippen LogP contribution in [0.15, 0.2) is 25.3 Å². The molecule has 0 atom stereocenters. The number of carbonyl (C=O) groups excluding carboxylic acids is 2. The molecule has 0 saturated carbocycles. The van der Waals surface area contributed by atoms with Gasteiger partial charge in [0.2, 0.25) is 0 Å². The normalized spacial score (nSPS) is 4.00. The fourth-order valence-corrected chi connectivity index (χ4v) is 0. The van der Waals surface area contributed by atoms with Crippen LogP contribution in [0.3, 0.4) is 0 Å². The smallest absolute Gasteiger partial charge is 0.142 e. The molecule has 0 fully saturated rings. The molecule has 10 heavy (non-hydrogen) atoms. The lowest BCUT2D eigenvalue weighted by Crippen LogP contribution is -3.00. The first kappa shape index (κ1) is 22.6. The van der Waals surface area contributed by atoms with E-state index in [1.807, 2.05) is 0 Å². The molecule has 0 bridgehead atoms. The average molecular weight is 272 g/mol. The first-order valence-corrected chi connectivity index (χ1v) is 1.95. The first-order chi connectivity index (χ1) is 3.83. The summed E-state index contributed by atoms with van der Waals surface area (Å²) in [5.41, 5.74) is 0. The van der Waals surface area contributed by atoms with Gasteiger partial charge in [0.15, 0.2) is 0 Å². The predicted molar refractivity (Wildman–Crippen MR) is 32.5 cm³/mol. The molecule has 0 unspecified atom stereocenters. The Balaban J connectivity index is -0.0000000300. The lowest BCUT2D eigenvalue weighted by atomic mass is 10.8. The van der Waals surface area contributed by atoms with Crippen LogP contribution < -0.4 is 34.0 Å². The third kappa shape index (κ3) is 113. The van der Waals surface area contributed by atoms with Crippen LogP contribution in [0.1, 0.15) is 0 Å². The molecule has 0 aromatic heterocycles. The molecule has 0 aliphatic carbocycles. The number of halogens is 2. The molecule has 0 rings (SSSR count). The van der Waals surface area contributed by atoms with Crippen molar-refractivity contribution in [2.75, 3.05) is 0 Å². The number of hydrogen-bond donors (Lipinski definition) is 0. The Labute approximate surface area is 81.5 Å². The Bertz CT molecular complexity index is 67.7. The largest absolute Gasteiger partial charge is 1.00 e. The molecule has 0 aliphatic heterocycles. The highest BCUT2D eigenvalue weighted by Crippen LogP contribution is 1.35. The van der Waals surface area contributed by atoms with Crippen molar-refractivity contribution in [3.63, 3.8) is 0 Å². The first-order valence-electron chi connectivity index (χ1n) is 1.95. The second kappa shape index (κ2) is 37.2. The van der Waals surface area contributed by atoms with Crippen molar-refractivity contribution in [3.8, 4) is 0 Å². The quantitative estimate of drug-likeness (QED) is 0.372. The fourth-order valence-electron chi connectivity index (χ4n) is 0. The van der Waals surface area contributed by atoms with Gasteiger partial charge in [-0.25, -0.2) is 0 Å². The predicted octanol–water partition coefficient (Wildman–Crippen LogP) is -5.25. The van der Waals surface area contributed by atoms with E-state index in [1.165, 1.54) is 12.2 Å². The third-order valence-electron chi connectivity index (χ3n) is 0.192. The zero-order chi connectivity index (χ0) is 6.83.